The minimum Gasteiger partial charge on any atom is -0.385 e. The van der Waals surface area contributed by atoms with E-state index >= 15 is 0 Å². The maximum Gasteiger partial charge on any atom is 0.0657 e. The maximum absolute atomic E-state index is 5.09. The van der Waals surface area contributed by atoms with Crippen LogP contribution in [-0.2, 0) is 9.47 Å². The van der Waals surface area contributed by atoms with E-state index in [0.717, 1.165) is 52.2 Å². The Bertz CT molecular complexity index is 200. The SMILES string of the molecule is COCCCN1CC(S)N(CCCOC)CC1S. The minimum atomic E-state index is 0.299. The topological polar surface area (TPSA) is 24.9 Å². The molecule has 0 N–H and O–H groups in total. The number of thiol groups is 2. The molecule has 1 aliphatic heterocycles. The standard InChI is InChI=1S/C12H26N2O2S2/c1-15-7-3-5-13-9-12(18)14(10-11(13)17)6-4-8-16-2/h11-12,17-18H,3-10H2,1-2H3. The fourth-order valence-corrected chi connectivity index (χ4v) is 3.04. The van der Waals surface area contributed by atoms with E-state index in [0.29, 0.717) is 10.7 Å². The molecule has 0 aromatic heterocycles. The molecule has 0 amide bonds. The number of hydrogen-bond donors (Lipinski definition) is 2. The van der Waals surface area contributed by atoms with E-state index < -0.39 is 0 Å². The molecule has 18 heavy (non-hydrogen) atoms. The molecule has 6 heteroatoms. The van der Waals surface area contributed by atoms with Gasteiger partial charge < -0.3 is 9.47 Å². The average Bonchev–Trinajstić information content (AvgIpc) is 2.35. The van der Waals surface area contributed by atoms with Gasteiger partial charge in [0.05, 0.1) is 10.7 Å². The largest absolute Gasteiger partial charge is 0.385 e. The molecule has 0 aliphatic carbocycles. The van der Waals surface area contributed by atoms with Gasteiger partial charge in [-0.25, -0.2) is 0 Å². The molecule has 0 radical (unpaired) electrons. The Balaban J connectivity index is 2.29. The van der Waals surface area contributed by atoms with E-state index in [1.165, 1.54) is 0 Å². The first-order valence-electron chi connectivity index (χ1n) is 6.51. The molecular weight excluding hydrogens is 268 g/mol. The summed E-state index contributed by atoms with van der Waals surface area (Å²) in [5, 5.41) is 0.598. The number of nitrogens with zero attached hydrogens (tertiary/aromatic N) is 2. The highest BCUT2D eigenvalue weighted by molar-refractivity contribution is 7.81. The molecule has 0 aromatic carbocycles. The molecule has 1 fully saturated rings. The highest BCUT2D eigenvalue weighted by Gasteiger charge is 2.29. The van der Waals surface area contributed by atoms with Crippen molar-refractivity contribution in [2.24, 2.45) is 0 Å². The molecular formula is C12H26N2O2S2. The summed E-state index contributed by atoms with van der Waals surface area (Å²) < 4.78 is 10.2. The first kappa shape index (κ1) is 16.6. The summed E-state index contributed by atoms with van der Waals surface area (Å²) in [6.45, 7) is 5.62. The van der Waals surface area contributed by atoms with Crippen LogP contribution in [0.25, 0.3) is 0 Å². The van der Waals surface area contributed by atoms with E-state index in [2.05, 4.69) is 35.1 Å². The van der Waals surface area contributed by atoms with Gasteiger partial charge in [-0.2, -0.15) is 25.3 Å². The van der Waals surface area contributed by atoms with Crippen molar-refractivity contribution in [3.05, 3.63) is 0 Å². The third-order valence-electron chi connectivity index (χ3n) is 3.23. The van der Waals surface area contributed by atoms with Crippen LogP contribution >= 0.6 is 25.3 Å². The normalized spacial score (nSPS) is 26.7. The van der Waals surface area contributed by atoms with Crippen molar-refractivity contribution in [3.63, 3.8) is 0 Å². The van der Waals surface area contributed by atoms with Crippen LogP contribution in [0.3, 0.4) is 0 Å². The lowest BCUT2D eigenvalue weighted by atomic mass is 10.2. The Kier molecular flexibility index (Phi) is 8.71. The number of rotatable bonds is 8. The molecule has 1 heterocycles. The van der Waals surface area contributed by atoms with Gasteiger partial charge in [-0.15, -0.1) is 0 Å². The molecule has 2 atom stereocenters. The van der Waals surface area contributed by atoms with Crippen LogP contribution in [0.2, 0.25) is 0 Å². The van der Waals surface area contributed by atoms with Gasteiger partial charge in [0.25, 0.3) is 0 Å². The van der Waals surface area contributed by atoms with E-state index in [-0.39, 0.29) is 0 Å². The molecule has 0 aromatic rings. The summed E-state index contributed by atoms with van der Waals surface area (Å²) in [5.41, 5.74) is 0. The van der Waals surface area contributed by atoms with E-state index in [1.54, 1.807) is 14.2 Å². The van der Waals surface area contributed by atoms with Crippen LogP contribution in [0.5, 0.6) is 0 Å². The molecule has 2 unspecified atom stereocenters. The Morgan fingerprint density at radius 3 is 1.61 bits per heavy atom. The Labute approximate surface area is 122 Å². The quantitative estimate of drug-likeness (QED) is 0.519. The lowest BCUT2D eigenvalue weighted by molar-refractivity contribution is 0.0836. The van der Waals surface area contributed by atoms with Gasteiger partial charge >= 0.3 is 0 Å². The first-order chi connectivity index (χ1) is 8.69. The molecule has 0 saturated carbocycles. The van der Waals surface area contributed by atoms with Gasteiger partial charge in [0, 0.05) is 53.6 Å². The first-order valence-corrected chi connectivity index (χ1v) is 7.54. The Hall–Kier alpha value is 0.540. The zero-order valence-corrected chi connectivity index (χ0v) is 13.2. The van der Waals surface area contributed by atoms with Crippen LogP contribution in [-0.4, -0.2) is 74.2 Å². The van der Waals surface area contributed by atoms with Gasteiger partial charge in [0.15, 0.2) is 0 Å². The van der Waals surface area contributed by atoms with Crippen molar-refractivity contribution in [3.8, 4) is 0 Å². The summed E-state index contributed by atoms with van der Waals surface area (Å²) in [4.78, 5) is 4.76. The molecule has 0 spiro atoms. The van der Waals surface area contributed by atoms with Crippen molar-refractivity contribution in [1.82, 2.24) is 9.80 Å². The van der Waals surface area contributed by atoms with Crippen LogP contribution in [0, 0.1) is 0 Å². The van der Waals surface area contributed by atoms with Crippen LogP contribution < -0.4 is 0 Å². The Morgan fingerprint density at radius 2 is 1.28 bits per heavy atom. The second-order valence-corrected chi connectivity index (χ2v) is 5.84. The monoisotopic (exact) mass is 294 g/mol. The van der Waals surface area contributed by atoms with Gasteiger partial charge in [-0.05, 0) is 12.8 Å². The summed E-state index contributed by atoms with van der Waals surface area (Å²) in [6, 6.07) is 0. The minimum absolute atomic E-state index is 0.299. The highest BCUT2D eigenvalue weighted by atomic mass is 32.1. The smallest absolute Gasteiger partial charge is 0.0657 e. The van der Waals surface area contributed by atoms with Crippen molar-refractivity contribution in [1.29, 1.82) is 0 Å². The Morgan fingerprint density at radius 1 is 0.889 bits per heavy atom. The summed E-state index contributed by atoms with van der Waals surface area (Å²) in [6.07, 6.45) is 2.11. The van der Waals surface area contributed by atoms with Gasteiger partial charge in [-0.3, -0.25) is 9.80 Å². The maximum atomic E-state index is 5.09. The lowest BCUT2D eigenvalue weighted by Gasteiger charge is -2.43. The van der Waals surface area contributed by atoms with E-state index in [1.807, 2.05) is 0 Å². The zero-order chi connectivity index (χ0) is 13.4. The van der Waals surface area contributed by atoms with Crippen molar-refractivity contribution in [2.75, 3.05) is 53.6 Å². The molecule has 1 saturated heterocycles. The number of ether oxygens (including phenoxy) is 2. The predicted molar refractivity (Wildman–Crippen MR) is 81.7 cm³/mol. The molecule has 1 rings (SSSR count). The third-order valence-corrected chi connectivity index (χ3v) is 4.21. The number of piperazine rings is 1. The third kappa shape index (κ3) is 5.67. The summed E-state index contributed by atoms with van der Waals surface area (Å²) in [5.74, 6) is 0. The molecule has 0 bridgehead atoms. The molecule has 108 valence electrons. The zero-order valence-electron chi connectivity index (χ0n) is 11.4. The van der Waals surface area contributed by atoms with Crippen molar-refractivity contribution >= 4 is 25.3 Å². The molecule has 1 aliphatic rings. The summed E-state index contributed by atoms with van der Waals surface area (Å²) in [7, 11) is 3.49. The van der Waals surface area contributed by atoms with E-state index in [9.17, 15) is 0 Å². The van der Waals surface area contributed by atoms with Crippen molar-refractivity contribution < 1.29 is 9.47 Å². The van der Waals surface area contributed by atoms with Gasteiger partial charge in [-0.1, -0.05) is 0 Å². The fraction of sp³-hybridized carbons (Fsp3) is 1.00. The predicted octanol–water partition coefficient (Wildman–Crippen LogP) is 1.19. The fourth-order valence-electron chi connectivity index (χ4n) is 2.20. The van der Waals surface area contributed by atoms with Crippen LogP contribution in [0.4, 0.5) is 0 Å². The van der Waals surface area contributed by atoms with Crippen molar-refractivity contribution in [2.45, 2.75) is 23.6 Å². The average molecular weight is 294 g/mol. The van der Waals surface area contributed by atoms with E-state index in [4.69, 9.17) is 9.47 Å². The van der Waals surface area contributed by atoms with Crippen LogP contribution in [0.1, 0.15) is 12.8 Å². The molecule has 4 nitrogen and oxygen atoms in total. The highest BCUT2D eigenvalue weighted by Crippen LogP contribution is 2.20. The van der Waals surface area contributed by atoms with Gasteiger partial charge in [0.2, 0.25) is 0 Å². The number of methoxy groups -OCH3 is 2. The lowest BCUT2D eigenvalue weighted by Crippen LogP contribution is -2.55. The van der Waals surface area contributed by atoms with Gasteiger partial charge in [0.1, 0.15) is 0 Å². The second-order valence-electron chi connectivity index (χ2n) is 4.64. The second kappa shape index (κ2) is 9.44. The summed E-state index contributed by atoms with van der Waals surface area (Å²) >= 11 is 9.36. The number of hydrogen-bond acceptors (Lipinski definition) is 6. The van der Waals surface area contributed by atoms with Crippen LogP contribution in [0.15, 0.2) is 0 Å².